The van der Waals surface area contributed by atoms with Gasteiger partial charge in [-0.3, -0.25) is 18.6 Å². The highest BCUT2D eigenvalue weighted by Gasteiger charge is 2.36. The van der Waals surface area contributed by atoms with E-state index in [0.717, 1.165) is 57.8 Å². The van der Waals surface area contributed by atoms with Gasteiger partial charge in [0.05, 0.1) is 32.0 Å². The second-order valence-corrected chi connectivity index (χ2v) is 14.9. The Kier molecular flexibility index (Phi) is 28.4. The van der Waals surface area contributed by atoms with E-state index in [-0.39, 0.29) is 19.4 Å². The standard InChI is InChI=1S/C40H67O11P/c1-4-5-20-26-37-38(51-37)27-22-17-12-10-8-6-7-9-11-13-18-23-28-39(43)47-32-36(33-49-52(45,46)48-31-35(42)30-41)50-40(44)29-24-19-15-14-16-21-25-34(2)3/h5,7-10,13,17-18,20,22,34-38,41-42H,4,6,11-12,14-16,19,21,23-33H2,1-3H3,(H,45,46)/b9-7-,10-8-,18-13-,20-5-,22-17-/t35-,36+,37?,38?/m0/s1. The van der Waals surface area contributed by atoms with Crippen LogP contribution in [0.4, 0.5) is 0 Å². The second-order valence-electron chi connectivity index (χ2n) is 13.4. The third-order valence-electron chi connectivity index (χ3n) is 8.03. The van der Waals surface area contributed by atoms with Crippen LogP contribution in [0.5, 0.6) is 0 Å². The maximum Gasteiger partial charge on any atom is 0.472 e. The number of rotatable bonds is 33. The minimum absolute atomic E-state index is 0.110. The molecule has 0 spiro atoms. The quantitative estimate of drug-likeness (QED) is 0.0194. The number of carbonyl (C=O) groups excluding carboxylic acids is 2. The average molecular weight is 755 g/mol. The number of aliphatic hydroxyl groups is 2. The van der Waals surface area contributed by atoms with Gasteiger partial charge in [0.15, 0.2) is 6.10 Å². The lowest BCUT2D eigenvalue weighted by molar-refractivity contribution is -0.161. The lowest BCUT2D eigenvalue weighted by Gasteiger charge is -2.20. The molecule has 5 atom stereocenters. The average Bonchev–Trinajstić information content (AvgIpc) is 3.87. The van der Waals surface area contributed by atoms with Crippen LogP contribution in [-0.2, 0) is 37.4 Å². The number of hydrogen-bond acceptors (Lipinski definition) is 10. The van der Waals surface area contributed by atoms with Gasteiger partial charge in [-0.05, 0) is 57.3 Å². The SMILES string of the molecule is CC/C=C\CC1OC1C/C=C\C/C=C\C/C=C\C/C=C\CCC(=O)OC[C@H](COP(=O)(O)OC[C@@H](O)CO)OC(=O)CCCCCCCCC(C)C. The van der Waals surface area contributed by atoms with Gasteiger partial charge in [0, 0.05) is 12.8 Å². The van der Waals surface area contributed by atoms with Crippen LogP contribution in [0.25, 0.3) is 0 Å². The van der Waals surface area contributed by atoms with Gasteiger partial charge in [-0.25, -0.2) is 4.57 Å². The lowest BCUT2D eigenvalue weighted by Crippen LogP contribution is -2.29. The number of phosphoric acid groups is 1. The summed E-state index contributed by atoms with van der Waals surface area (Å²) in [4.78, 5) is 34.7. The smallest absolute Gasteiger partial charge is 0.462 e. The Hall–Kier alpha value is -2.37. The third kappa shape index (κ3) is 29.1. The highest BCUT2D eigenvalue weighted by Crippen LogP contribution is 2.43. The minimum atomic E-state index is -4.63. The number of allylic oxidation sites excluding steroid dienone is 8. The van der Waals surface area contributed by atoms with E-state index in [2.05, 4.69) is 73.9 Å². The molecular formula is C40H67O11P. The fourth-order valence-corrected chi connectivity index (χ4v) is 5.74. The predicted molar refractivity (Wildman–Crippen MR) is 204 cm³/mol. The summed E-state index contributed by atoms with van der Waals surface area (Å²) in [5.41, 5.74) is 0. The van der Waals surface area contributed by atoms with E-state index >= 15 is 0 Å². The van der Waals surface area contributed by atoms with Crippen molar-refractivity contribution < 1.29 is 52.5 Å². The molecule has 1 aliphatic heterocycles. The van der Waals surface area contributed by atoms with E-state index in [0.29, 0.717) is 31.0 Å². The summed E-state index contributed by atoms with van der Waals surface area (Å²) in [6, 6.07) is 0. The van der Waals surface area contributed by atoms with Gasteiger partial charge < -0.3 is 29.3 Å². The number of aliphatic hydroxyl groups excluding tert-OH is 2. The number of hydrogen-bond donors (Lipinski definition) is 3. The zero-order valence-electron chi connectivity index (χ0n) is 31.9. The first-order valence-corrected chi connectivity index (χ1v) is 20.7. The Morgan fingerprint density at radius 2 is 1.29 bits per heavy atom. The summed E-state index contributed by atoms with van der Waals surface area (Å²) in [5.74, 6) is -0.335. The zero-order chi connectivity index (χ0) is 38.3. The molecule has 0 aromatic rings. The molecule has 0 radical (unpaired) electrons. The Morgan fingerprint density at radius 1 is 0.731 bits per heavy atom. The number of epoxide rings is 1. The Morgan fingerprint density at radius 3 is 1.90 bits per heavy atom. The van der Waals surface area contributed by atoms with Crippen LogP contribution in [0, 0.1) is 5.92 Å². The molecule has 3 N–H and O–H groups in total. The van der Waals surface area contributed by atoms with Gasteiger partial charge in [0.1, 0.15) is 12.7 Å². The molecule has 1 fully saturated rings. The van der Waals surface area contributed by atoms with Crippen molar-refractivity contribution in [2.24, 2.45) is 5.92 Å². The number of phosphoric ester groups is 1. The summed E-state index contributed by atoms with van der Waals surface area (Å²) >= 11 is 0. The molecule has 0 saturated carbocycles. The molecule has 3 unspecified atom stereocenters. The van der Waals surface area contributed by atoms with E-state index in [1.807, 2.05) is 12.2 Å². The number of carbonyl (C=O) groups is 2. The molecule has 1 heterocycles. The van der Waals surface area contributed by atoms with Crippen LogP contribution >= 0.6 is 7.82 Å². The van der Waals surface area contributed by atoms with Gasteiger partial charge in [0.25, 0.3) is 0 Å². The first-order chi connectivity index (χ1) is 25.1. The fourth-order valence-electron chi connectivity index (χ4n) is 4.95. The van der Waals surface area contributed by atoms with Crippen molar-refractivity contribution in [3.05, 3.63) is 60.8 Å². The van der Waals surface area contributed by atoms with Crippen LogP contribution in [0.2, 0.25) is 0 Å². The molecule has 0 aromatic carbocycles. The van der Waals surface area contributed by atoms with Gasteiger partial charge in [-0.1, -0.05) is 120 Å². The van der Waals surface area contributed by atoms with Gasteiger partial charge >= 0.3 is 19.8 Å². The summed E-state index contributed by atoms with van der Waals surface area (Å²) in [7, 11) is -4.63. The first-order valence-electron chi connectivity index (χ1n) is 19.2. The van der Waals surface area contributed by atoms with E-state index in [4.69, 9.17) is 23.8 Å². The summed E-state index contributed by atoms with van der Waals surface area (Å²) in [6.45, 7) is 4.35. The van der Waals surface area contributed by atoms with Crippen molar-refractivity contribution in [3.63, 3.8) is 0 Å². The van der Waals surface area contributed by atoms with Crippen LogP contribution in [0.15, 0.2) is 60.8 Å². The molecule has 0 amide bonds. The normalized spacial score (nSPS) is 18.7. The van der Waals surface area contributed by atoms with E-state index in [9.17, 15) is 24.2 Å². The lowest BCUT2D eigenvalue weighted by atomic mass is 10.0. The number of unbranched alkanes of at least 4 members (excludes halogenated alkanes) is 5. The van der Waals surface area contributed by atoms with Crippen molar-refractivity contribution in [3.8, 4) is 0 Å². The van der Waals surface area contributed by atoms with E-state index in [1.54, 1.807) is 0 Å². The molecule has 1 saturated heterocycles. The van der Waals surface area contributed by atoms with Crippen LogP contribution < -0.4 is 0 Å². The second kappa shape index (κ2) is 31.0. The van der Waals surface area contributed by atoms with Crippen LogP contribution in [-0.4, -0.2) is 77.9 Å². The predicted octanol–water partition coefficient (Wildman–Crippen LogP) is 8.39. The maximum absolute atomic E-state index is 12.5. The Balaban J connectivity index is 2.32. The maximum atomic E-state index is 12.5. The molecule has 0 bridgehead atoms. The molecule has 11 nitrogen and oxygen atoms in total. The number of esters is 2. The number of ether oxygens (including phenoxy) is 3. The summed E-state index contributed by atoms with van der Waals surface area (Å²) in [6.07, 6.45) is 32.8. The molecule has 12 heteroatoms. The highest BCUT2D eigenvalue weighted by molar-refractivity contribution is 7.47. The Labute approximate surface area is 312 Å². The first kappa shape index (κ1) is 47.7. The molecule has 0 aromatic heterocycles. The van der Waals surface area contributed by atoms with Gasteiger partial charge in [-0.15, -0.1) is 0 Å². The van der Waals surface area contributed by atoms with Gasteiger partial charge in [-0.2, -0.15) is 0 Å². The monoisotopic (exact) mass is 754 g/mol. The zero-order valence-corrected chi connectivity index (χ0v) is 32.8. The molecule has 0 aliphatic carbocycles. The van der Waals surface area contributed by atoms with Crippen molar-refractivity contribution in [2.45, 2.75) is 148 Å². The summed E-state index contributed by atoms with van der Waals surface area (Å²) in [5, 5.41) is 18.3. The molecule has 52 heavy (non-hydrogen) atoms. The molecule has 298 valence electrons. The van der Waals surface area contributed by atoms with E-state index in [1.165, 1.54) is 19.3 Å². The fraction of sp³-hybridized carbons (Fsp3) is 0.700. The van der Waals surface area contributed by atoms with E-state index < -0.39 is 51.8 Å². The molecule has 1 aliphatic rings. The van der Waals surface area contributed by atoms with Gasteiger partial charge in [0.2, 0.25) is 0 Å². The Bertz CT molecular complexity index is 1130. The van der Waals surface area contributed by atoms with Crippen molar-refractivity contribution in [2.75, 3.05) is 26.4 Å². The molecule has 1 rings (SSSR count). The van der Waals surface area contributed by atoms with Crippen molar-refractivity contribution in [1.82, 2.24) is 0 Å². The summed E-state index contributed by atoms with van der Waals surface area (Å²) < 4.78 is 38.1. The van der Waals surface area contributed by atoms with Crippen LogP contribution in [0.1, 0.15) is 124 Å². The van der Waals surface area contributed by atoms with Crippen molar-refractivity contribution in [1.29, 1.82) is 0 Å². The minimum Gasteiger partial charge on any atom is -0.462 e. The largest absolute Gasteiger partial charge is 0.472 e. The molecular weight excluding hydrogens is 687 g/mol. The highest BCUT2D eigenvalue weighted by atomic mass is 31.2. The third-order valence-corrected chi connectivity index (χ3v) is 8.98. The van der Waals surface area contributed by atoms with Crippen LogP contribution in [0.3, 0.4) is 0 Å². The topological polar surface area (TPSA) is 161 Å². The van der Waals surface area contributed by atoms with Crippen molar-refractivity contribution >= 4 is 19.8 Å².